The zero-order valence-corrected chi connectivity index (χ0v) is 10.5. The van der Waals surface area contributed by atoms with E-state index in [1.54, 1.807) is 13.8 Å². The summed E-state index contributed by atoms with van der Waals surface area (Å²) in [5.41, 5.74) is -0.509. The number of ether oxygens (including phenoxy) is 1. The van der Waals surface area contributed by atoms with E-state index in [1.807, 2.05) is 0 Å². The largest absolute Gasteiger partial charge is 0.480 e. The van der Waals surface area contributed by atoms with Crippen LogP contribution in [0.2, 0.25) is 0 Å². The predicted octanol–water partition coefficient (Wildman–Crippen LogP) is 1.89. The number of carboxylic acid groups (broad SMARTS) is 1. The van der Waals surface area contributed by atoms with Gasteiger partial charge in [0, 0.05) is 12.6 Å². The van der Waals surface area contributed by atoms with Crippen LogP contribution in [0.5, 0.6) is 0 Å². The smallest absolute Gasteiger partial charge is 0.401 e. The van der Waals surface area contributed by atoms with Crippen molar-refractivity contribution in [3.8, 4) is 0 Å². The zero-order valence-electron chi connectivity index (χ0n) is 10.5. The van der Waals surface area contributed by atoms with Crippen molar-refractivity contribution in [2.24, 2.45) is 0 Å². The molecule has 0 amide bonds. The molecule has 0 saturated carbocycles. The lowest BCUT2D eigenvalue weighted by Gasteiger charge is -2.40. The van der Waals surface area contributed by atoms with Crippen molar-refractivity contribution in [1.29, 1.82) is 0 Å². The van der Waals surface area contributed by atoms with Crippen molar-refractivity contribution in [1.82, 2.24) is 4.90 Å². The minimum absolute atomic E-state index is 0.353. The van der Waals surface area contributed by atoms with Gasteiger partial charge in [-0.15, -0.1) is 0 Å². The Bertz CT molecular complexity index is 304. The minimum atomic E-state index is -4.39. The molecule has 1 unspecified atom stereocenters. The molecule has 1 aliphatic heterocycles. The van der Waals surface area contributed by atoms with Crippen LogP contribution in [0.4, 0.5) is 13.2 Å². The third kappa shape index (κ3) is 5.22. The molecule has 0 aromatic carbocycles. The van der Waals surface area contributed by atoms with Gasteiger partial charge in [-0.1, -0.05) is 0 Å². The van der Waals surface area contributed by atoms with Crippen molar-refractivity contribution in [3.05, 3.63) is 0 Å². The summed E-state index contributed by atoms with van der Waals surface area (Å²) in [6.07, 6.45) is -3.57. The van der Waals surface area contributed by atoms with Gasteiger partial charge in [-0.05, 0) is 26.7 Å². The first-order valence-electron chi connectivity index (χ1n) is 5.76. The van der Waals surface area contributed by atoms with Gasteiger partial charge in [0.05, 0.1) is 18.7 Å². The Morgan fingerprint density at radius 3 is 2.56 bits per heavy atom. The third-order valence-electron chi connectivity index (χ3n) is 2.91. The number of nitrogens with zero attached hydrogens (tertiary/aromatic N) is 1. The Labute approximate surface area is 104 Å². The number of carbonyl (C=O) groups is 1. The molecule has 0 radical (unpaired) electrons. The normalized spacial score (nSPS) is 24.2. The summed E-state index contributed by atoms with van der Waals surface area (Å²) in [6.45, 7) is 2.16. The molecular formula is C11H18F3NO3. The average molecular weight is 269 g/mol. The monoisotopic (exact) mass is 269 g/mol. The SMILES string of the molecule is CC1(C)CC(N(CC(=O)O)CC(F)(F)F)CCO1. The fourth-order valence-electron chi connectivity index (χ4n) is 2.23. The van der Waals surface area contributed by atoms with Gasteiger partial charge >= 0.3 is 12.1 Å². The van der Waals surface area contributed by atoms with Crippen LogP contribution >= 0.6 is 0 Å². The van der Waals surface area contributed by atoms with Crippen LogP contribution in [0.25, 0.3) is 0 Å². The summed E-state index contributed by atoms with van der Waals surface area (Å²) in [5.74, 6) is -1.25. The first-order valence-corrected chi connectivity index (χ1v) is 5.76. The molecule has 1 aliphatic rings. The van der Waals surface area contributed by atoms with Gasteiger partial charge in [-0.3, -0.25) is 9.69 Å². The van der Waals surface area contributed by atoms with Gasteiger partial charge < -0.3 is 9.84 Å². The van der Waals surface area contributed by atoms with E-state index < -0.39 is 36.9 Å². The summed E-state index contributed by atoms with van der Waals surface area (Å²) in [7, 11) is 0. The lowest BCUT2D eigenvalue weighted by molar-refractivity contribution is -0.167. The molecule has 7 heteroatoms. The number of alkyl halides is 3. The first kappa shape index (κ1) is 15.2. The summed E-state index contributed by atoms with van der Waals surface area (Å²) in [5, 5.41) is 8.70. The summed E-state index contributed by atoms with van der Waals surface area (Å²) in [4.78, 5) is 11.6. The Morgan fingerprint density at radius 1 is 1.50 bits per heavy atom. The van der Waals surface area contributed by atoms with E-state index in [9.17, 15) is 18.0 Å². The summed E-state index contributed by atoms with van der Waals surface area (Å²) < 4.78 is 42.7. The molecule has 0 aromatic rings. The lowest BCUT2D eigenvalue weighted by Crippen LogP contribution is -2.50. The maximum absolute atomic E-state index is 12.4. The second-order valence-corrected chi connectivity index (χ2v) is 5.17. The number of hydrogen-bond acceptors (Lipinski definition) is 3. The van der Waals surface area contributed by atoms with Crippen LogP contribution in [0.1, 0.15) is 26.7 Å². The van der Waals surface area contributed by atoms with Crippen molar-refractivity contribution in [2.75, 3.05) is 19.7 Å². The molecule has 1 N–H and O–H groups in total. The highest BCUT2D eigenvalue weighted by Gasteiger charge is 2.38. The van der Waals surface area contributed by atoms with Crippen LogP contribution in [-0.4, -0.2) is 53.5 Å². The third-order valence-corrected chi connectivity index (χ3v) is 2.91. The van der Waals surface area contributed by atoms with Crippen LogP contribution in [-0.2, 0) is 9.53 Å². The number of carboxylic acids is 1. The van der Waals surface area contributed by atoms with E-state index in [2.05, 4.69) is 0 Å². The molecule has 106 valence electrons. The number of hydrogen-bond donors (Lipinski definition) is 1. The second kappa shape index (κ2) is 5.44. The molecule has 4 nitrogen and oxygen atoms in total. The fourth-order valence-corrected chi connectivity index (χ4v) is 2.23. The molecule has 1 heterocycles. The molecule has 0 aromatic heterocycles. The van der Waals surface area contributed by atoms with Crippen molar-refractivity contribution in [3.63, 3.8) is 0 Å². The molecule has 1 atom stereocenters. The van der Waals surface area contributed by atoms with Gasteiger partial charge in [0.1, 0.15) is 0 Å². The van der Waals surface area contributed by atoms with E-state index in [0.29, 0.717) is 19.4 Å². The van der Waals surface area contributed by atoms with Crippen LogP contribution in [0.3, 0.4) is 0 Å². The molecule has 18 heavy (non-hydrogen) atoms. The first-order chi connectivity index (χ1) is 8.09. The van der Waals surface area contributed by atoms with Crippen LogP contribution < -0.4 is 0 Å². The number of aliphatic carboxylic acids is 1. The van der Waals surface area contributed by atoms with Crippen molar-refractivity contribution >= 4 is 5.97 Å². The van der Waals surface area contributed by atoms with Gasteiger partial charge in [0.2, 0.25) is 0 Å². The molecule has 0 aliphatic carbocycles. The van der Waals surface area contributed by atoms with Gasteiger partial charge in [0.15, 0.2) is 0 Å². The summed E-state index contributed by atoms with van der Waals surface area (Å²) in [6, 6.07) is -0.411. The van der Waals surface area contributed by atoms with Crippen molar-refractivity contribution < 1.29 is 27.8 Å². The Balaban J connectivity index is 2.72. The van der Waals surface area contributed by atoms with Gasteiger partial charge in [-0.25, -0.2) is 0 Å². The van der Waals surface area contributed by atoms with Crippen LogP contribution in [0.15, 0.2) is 0 Å². The highest BCUT2D eigenvalue weighted by atomic mass is 19.4. The van der Waals surface area contributed by atoms with E-state index in [0.717, 1.165) is 4.90 Å². The molecule has 0 spiro atoms. The molecular weight excluding hydrogens is 251 g/mol. The lowest BCUT2D eigenvalue weighted by atomic mass is 9.92. The van der Waals surface area contributed by atoms with Gasteiger partial charge in [-0.2, -0.15) is 13.2 Å². The Morgan fingerprint density at radius 2 is 2.11 bits per heavy atom. The maximum Gasteiger partial charge on any atom is 0.401 e. The van der Waals surface area contributed by atoms with E-state index in [-0.39, 0.29) is 0 Å². The van der Waals surface area contributed by atoms with Crippen molar-refractivity contribution in [2.45, 2.75) is 44.5 Å². The standard InChI is InChI=1S/C11H18F3NO3/c1-10(2)5-8(3-4-18-10)15(6-9(16)17)7-11(12,13)14/h8H,3-7H2,1-2H3,(H,16,17). The second-order valence-electron chi connectivity index (χ2n) is 5.17. The van der Waals surface area contributed by atoms with Gasteiger partial charge in [0.25, 0.3) is 0 Å². The van der Waals surface area contributed by atoms with E-state index in [4.69, 9.17) is 9.84 Å². The predicted molar refractivity (Wildman–Crippen MR) is 58.3 cm³/mol. The molecule has 1 fully saturated rings. The Hall–Kier alpha value is -0.820. The topological polar surface area (TPSA) is 49.8 Å². The number of halogens is 3. The van der Waals surface area contributed by atoms with E-state index >= 15 is 0 Å². The zero-order chi connectivity index (χ0) is 14.0. The molecule has 0 bridgehead atoms. The highest BCUT2D eigenvalue weighted by molar-refractivity contribution is 5.69. The molecule has 1 rings (SSSR count). The van der Waals surface area contributed by atoms with Crippen LogP contribution in [0, 0.1) is 0 Å². The average Bonchev–Trinajstić information content (AvgIpc) is 2.11. The summed E-state index contributed by atoms with van der Waals surface area (Å²) >= 11 is 0. The number of rotatable bonds is 4. The minimum Gasteiger partial charge on any atom is -0.480 e. The maximum atomic E-state index is 12.4. The highest BCUT2D eigenvalue weighted by Crippen LogP contribution is 2.29. The van der Waals surface area contributed by atoms with E-state index in [1.165, 1.54) is 0 Å². The quantitative estimate of drug-likeness (QED) is 0.846. The molecule has 1 saturated heterocycles. The fraction of sp³-hybridized carbons (Fsp3) is 0.909. The Kier molecular flexibility index (Phi) is 4.61.